The van der Waals surface area contributed by atoms with Gasteiger partial charge in [-0.2, -0.15) is 0 Å². The molecule has 0 aliphatic rings. The van der Waals surface area contributed by atoms with E-state index in [0.717, 1.165) is 0 Å². The Morgan fingerprint density at radius 2 is 1.91 bits per heavy atom. The van der Waals surface area contributed by atoms with Crippen LogP contribution in [0.25, 0.3) is 0 Å². The molecule has 0 heterocycles. The van der Waals surface area contributed by atoms with Gasteiger partial charge in [0, 0.05) is 11.8 Å². The van der Waals surface area contributed by atoms with Crippen LogP contribution < -0.4 is 14.8 Å². The number of nitrogens with one attached hydrogen (secondary N) is 1. The molecule has 2 aromatic carbocycles. The number of carbonyl (C=O) groups excluding carboxylic acids is 1. The van der Waals surface area contributed by atoms with Crippen LogP contribution in [0.3, 0.4) is 0 Å². The average molecular weight is 340 g/mol. The molecule has 6 heteroatoms. The van der Waals surface area contributed by atoms with Crippen molar-refractivity contribution in [3.05, 3.63) is 52.5 Å². The minimum atomic E-state index is -0.734. The molecule has 2 aromatic rings. The zero-order valence-electron chi connectivity index (χ0n) is 12.1. The summed E-state index contributed by atoms with van der Waals surface area (Å²) in [4.78, 5) is 12.2. The zero-order valence-corrected chi connectivity index (χ0v) is 13.6. The smallest absolute Gasteiger partial charge is 0.265 e. The molecule has 1 N–H and O–H groups in total. The van der Waals surface area contributed by atoms with Crippen molar-refractivity contribution in [3.8, 4) is 11.5 Å². The fourth-order valence-electron chi connectivity index (χ4n) is 1.76. The van der Waals surface area contributed by atoms with E-state index in [2.05, 4.69) is 5.32 Å². The Kier molecular flexibility index (Phi) is 5.52. The third-order valence-corrected chi connectivity index (χ3v) is 3.73. The molecule has 0 aliphatic carbocycles. The first-order chi connectivity index (χ1) is 10.5. The van der Waals surface area contributed by atoms with Crippen LogP contribution in [-0.2, 0) is 4.79 Å². The maximum Gasteiger partial charge on any atom is 0.265 e. The Labute approximate surface area is 138 Å². The summed E-state index contributed by atoms with van der Waals surface area (Å²) in [7, 11) is 1.56. The lowest BCUT2D eigenvalue weighted by Crippen LogP contribution is -2.30. The van der Waals surface area contributed by atoms with Crippen LogP contribution in [-0.4, -0.2) is 19.1 Å². The molecule has 22 heavy (non-hydrogen) atoms. The molecule has 0 bridgehead atoms. The lowest BCUT2D eigenvalue weighted by molar-refractivity contribution is -0.122. The first-order valence-corrected chi connectivity index (χ1v) is 7.32. The predicted octanol–water partition coefficient (Wildman–Crippen LogP) is 4.41. The summed E-state index contributed by atoms with van der Waals surface area (Å²) in [5.41, 5.74) is 0.622. The van der Waals surface area contributed by atoms with Crippen molar-refractivity contribution in [1.82, 2.24) is 0 Å². The Hall–Kier alpha value is -1.91. The van der Waals surface area contributed by atoms with Gasteiger partial charge in [0.05, 0.1) is 12.1 Å². The van der Waals surface area contributed by atoms with E-state index in [1.165, 1.54) is 0 Å². The van der Waals surface area contributed by atoms with Crippen molar-refractivity contribution in [3.63, 3.8) is 0 Å². The fourth-order valence-corrected chi connectivity index (χ4v) is 2.10. The van der Waals surface area contributed by atoms with Crippen LogP contribution in [0, 0.1) is 0 Å². The summed E-state index contributed by atoms with van der Waals surface area (Å²) >= 11 is 12.0. The van der Waals surface area contributed by atoms with Crippen LogP contribution in [0.2, 0.25) is 10.0 Å². The quantitative estimate of drug-likeness (QED) is 0.877. The highest BCUT2D eigenvalue weighted by Crippen LogP contribution is 2.32. The van der Waals surface area contributed by atoms with Crippen LogP contribution in [0.4, 0.5) is 5.69 Å². The fraction of sp³-hybridized carbons (Fsp3) is 0.188. The van der Waals surface area contributed by atoms with Gasteiger partial charge in [-0.25, -0.2) is 0 Å². The van der Waals surface area contributed by atoms with E-state index in [0.29, 0.717) is 22.2 Å². The van der Waals surface area contributed by atoms with Crippen molar-refractivity contribution in [1.29, 1.82) is 0 Å². The van der Waals surface area contributed by atoms with Gasteiger partial charge < -0.3 is 14.8 Å². The first kappa shape index (κ1) is 16.5. The highest BCUT2D eigenvalue weighted by Gasteiger charge is 2.17. The van der Waals surface area contributed by atoms with E-state index in [1.807, 2.05) is 0 Å². The van der Waals surface area contributed by atoms with E-state index in [1.54, 1.807) is 56.5 Å². The second kappa shape index (κ2) is 7.38. The van der Waals surface area contributed by atoms with Gasteiger partial charge in [-0.1, -0.05) is 35.3 Å². The zero-order chi connectivity index (χ0) is 16.1. The van der Waals surface area contributed by atoms with Crippen molar-refractivity contribution < 1.29 is 14.3 Å². The summed E-state index contributed by atoms with van der Waals surface area (Å²) in [6.07, 6.45) is -0.734. The molecule has 0 spiro atoms. The molecule has 2 rings (SSSR count). The summed E-state index contributed by atoms with van der Waals surface area (Å²) in [5, 5.41) is 3.41. The average Bonchev–Trinajstić information content (AvgIpc) is 2.52. The molecular formula is C16H15Cl2NO3. The Bertz CT molecular complexity index is 676. The maximum absolute atomic E-state index is 12.2. The van der Waals surface area contributed by atoms with E-state index >= 15 is 0 Å². The molecular weight excluding hydrogens is 325 g/mol. The van der Waals surface area contributed by atoms with Gasteiger partial charge in [0.25, 0.3) is 5.91 Å². The van der Waals surface area contributed by atoms with Crippen LogP contribution in [0.15, 0.2) is 42.5 Å². The number of methoxy groups -OCH3 is 1. The molecule has 1 atom stereocenters. The Morgan fingerprint density at radius 1 is 1.18 bits per heavy atom. The number of carbonyl (C=O) groups is 1. The predicted molar refractivity (Wildman–Crippen MR) is 88.2 cm³/mol. The molecule has 0 saturated carbocycles. The number of rotatable bonds is 5. The molecule has 0 radical (unpaired) electrons. The van der Waals surface area contributed by atoms with E-state index in [9.17, 15) is 4.79 Å². The molecule has 0 unspecified atom stereocenters. The lowest BCUT2D eigenvalue weighted by Gasteiger charge is -2.16. The number of ether oxygens (including phenoxy) is 2. The van der Waals surface area contributed by atoms with Crippen molar-refractivity contribution in [2.45, 2.75) is 13.0 Å². The van der Waals surface area contributed by atoms with Gasteiger partial charge in [-0.05, 0) is 31.2 Å². The highest BCUT2D eigenvalue weighted by molar-refractivity contribution is 6.42. The minimum Gasteiger partial charge on any atom is -0.497 e. The summed E-state index contributed by atoms with van der Waals surface area (Å²) in [6.45, 7) is 1.63. The molecule has 0 aliphatic heterocycles. The number of halogens is 2. The van der Waals surface area contributed by atoms with Crippen LogP contribution >= 0.6 is 23.2 Å². The lowest BCUT2D eigenvalue weighted by atomic mass is 10.2. The minimum absolute atomic E-state index is 0.283. The molecule has 1 amide bonds. The number of benzene rings is 2. The molecule has 4 nitrogen and oxygen atoms in total. The van der Waals surface area contributed by atoms with Gasteiger partial charge in [-0.3, -0.25) is 4.79 Å². The van der Waals surface area contributed by atoms with Gasteiger partial charge in [0.1, 0.15) is 16.5 Å². The monoisotopic (exact) mass is 339 g/mol. The summed E-state index contributed by atoms with van der Waals surface area (Å²) in [5.74, 6) is 0.719. The number of amides is 1. The van der Waals surface area contributed by atoms with E-state index in [-0.39, 0.29) is 10.9 Å². The van der Waals surface area contributed by atoms with Crippen LogP contribution in [0.5, 0.6) is 11.5 Å². The third kappa shape index (κ3) is 4.06. The standard InChI is InChI=1S/C16H15Cl2NO3/c1-10(22-14-8-4-7-13(17)15(14)18)16(20)19-11-5-3-6-12(9-11)21-2/h3-10H,1-2H3,(H,19,20)/t10-/m0/s1. The van der Waals surface area contributed by atoms with Crippen LogP contribution in [0.1, 0.15) is 6.92 Å². The van der Waals surface area contributed by atoms with Gasteiger partial charge in [-0.15, -0.1) is 0 Å². The van der Waals surface area contributed by atoms with E-state index in [4.69, 9.17) is 32.7 Å². The van der Waals surface area contributed by atoms with Gasteiger partial charge in [0.2, 0.25) is 0 Å². The Morgan fingerprint density at radius 3 is 2.64 bits per heavy atom. The van der Waals surface area contributed by atoms with Gasteiger partial charge >= 0.3 is 0 Å². The molecule has 116 valence electrons. The first-order valence-electron chi connectivity index (χ1n) is 6.57. The summed E-state index contributed by atoms with van der Waals surface area (Å²) in [6, 6.07) is 12.1. The Balaban J connectivity index is 2.04. The van der Waals surface area contributed by atoms with Crippen molar-refractivity contribution >= 4 is 34.8 Å². The largest absolute Gasteiger partial charge is 0.497 e. The van der Waals surface area contributed by atoms with Crippen molar-refractivity contribution in [2.24, 2.45) is 0 Å². The molecule has 0 fully saturated rings. The van der Waals surface area contributed by atoms with Crippen molar-refractivity contribution in [2.75, 3.05) is 12.4 Å². The highest BCUT2D eigenvalue weighted by atomic mass is 35.5. The SMILES string of the molecule is COc1cccc(NC(=O)[C@H](C)Oc2cccc(Cl)c2Cl)c1. The van der Waals surface area contributed by atoms with E-state index < -0.39 is 6.10 Å². The molecule has 0 aromatic heterocycles. The molecule has 0 saturated heterocycles. The topological polar surface area (TPSA) is 47.6 Å². The number of anilines is 1. The third-order valence-electron chi connectivity index (χ3n) is 2.93. The number of hydrogen-bond donors (Lipinski definition) is 1. The normalized spacial score (nSPS) is 11.6. The second-order valence-corrected chi connectivity index (χ2v) is 5.32. The second-order valence-electron chi connectivity index (χ2n) is 4.53. The number of hydrogen-bond acceptors (Lipinski definition) is 3. The maximum atomic E-state index is 12.2. The van der Waals surface area contributed by atoms with Gasteiger partial charge in [0.15, 0.2) is 6.10 Å². The summed E-state index contributed by atoms with van der Waals surface area (Å²) < 4.78 is 10.7.